The minimum absolute atomic E-state index is 0.111. The number of nitrogens with zero attached hydrogens (tertiary/aromatic N) is 2. The highest BCUT2D eigenvalue weighted by Gasteiger charge is 2.17. The number of hydrogen-bond acceptors (Lipinski definition) is 6. The van der Waals surface area contributed by atoms with Crippen LogP contribution in [0.4, 0.5) is 0 Å². The van der Waals surface area contributed by atoms with Crippen molar-refractivity contribution in [2.24, 2.45) is 5.14 Å². The average molecular weight is 291 g/mol. The number of benzene rings is 2. The number of aromatic nitrogens is 2. The lowest BCUT2D eigenvalue weighted by Crippen LogP contribution is -2.13. The van der Waals surface area contributed by atoms with Crippen molar-refractivity contribution >= 4 is 31.8 Å². The van der Waals surface area contributed by atoms with Gasteiger partial charge in [-0.1, -0.05) is 24.3 Å². The zero-order valence-corrected chi connectivity index (χ0v) is 10.8. The first-order valence-electron chi connectivity index (χ1n) is 5.52. The van der Waals surface area contributed by atoms with Crippen LogP contribution in [0.15, 0.2) is 35.2 Å². The number of rotatable bonds is 1. The van der Waals surface area contributed by atoms with Gasteiger partial charge in [0.2, 0.25) is 10.0 Å². The third-order valence-electron chi connectivity index (χ3n) is 2.91. The van der Waals surface area contributed by atoms with E-state index in [2.05, 4.69) is 9.97 Å². The monoisotopic (exact) mass is 291 g/mol. The first-order valence-corrected chi connectivity index (χ1v) is 7.07. The molecule has 0 atom stereocenters. The lowest BCUT2D eigenvalue weighted by atomic mass is 10.1. The fourth-order valence-electron chi connectivity index (χ4n) is 2.07. The van der Waals surface area contributed by atoms with Crippen LogP contribution in [-0.4, -0.2) is 28.6 Å². The topological polar surface area (TPSA) is 126 Å². The summed E-state index contributed by atoms with van der Waals surface area (Å²) in [5.41, 5.74) is 0.409. The summed E-state index contributed by atoms with van der Waals surface area (Å²) in [6, 6.07) is 7.80. The molecule has 2 aromatic carbocycles. The molecule has 4 N–H and O–H groups in total. The summed E-state index contributed by atoms with van der Waals surface area (Å²) in [4.78, 5) is 7.45. The van der Waals surface area contributed by atoms with Crippen molar-refractivity contribution in [3.8, 4) is 11.8 Å². The Balaban J connectivity index is 2.62. The molecule has 0 saturated heterocycles. The molecule has 102 valence electrons. The summed E-state index contributed by atoms with van der Waals surface area (Å²) in [5, 5.41) is 24.9. The Morgan fingerprint density at radius 1 is 1.00 bits per heavy atom. The van der Waals surface area contributed by atoms with E-state index in [4.69, 9.17) is 5.14 Å². The molecular formula is C12H9N3O4S. The molecule has 0 aliphatic heterocycles. The normalized spacial score (nSPS) is 12.1. The summed E-state index contributed by atoms with van der Waals surface area (Å²) in [5.74, 6) is -1.29. The van der Waals surface area contributed by atoms with Crippen LogP contribution in [0, 0.1) is 0 Å². The Labute approximate surface area is 113 Å². The summed E-state index contributed by atoms with van der Waals surface area (Å²) in [6.07, 6.45) is 0. The molecule has 1 heterocycles. The summed E-state index contributed by atoms with van der Waals surface area (Å²) >= 11 is 0. The van der Waals surface area contributed by atoms with Gasteiger partial charge in [0.05, 0.1) is 10.4 Å². The van der Waals surface area contributed by atoms with Crippen LogP contribution >= 0.6 is 0 Å². The molecule has 0 unspecified atom stereocenters. The molecule has 7 nitrogen and oxygen atoms in total. The van der Waals surface area contributed by atoms with Crippen molar-refractivity contribution in [3.63, 3.8) is 0 Å². The fraction of sp³-hybridized carbons (Fsp3) is 0. The molecule has 0 radical (unpaired) electrons. The molecule has 0 fully saturated rings. The minimum Gasteiger partial charge on any atom is -0.489 e. The third-order valence-corrected chi connectivity index (χ3v) is 3.86. The van der Waals surface area contributed by atoms with E-state index in [9.17, 15) is 18.6 Å². The minimum atomic E-state index is -3.96. The molecule has 0 saturated carbocycles. The largest absolute Gasteiger partial charge is 0.489 e. The van der Waals surface area contributed by atoms with Crippen LogP contribution in [0.5, 0.6) is 11.8 Å². The van der Waals surface area contributed by atoms with Gasteiger partial charge in [-0.2, -0.15) is 0 Å². The lowest BCUT2D eigenvalue weighted by Gasteiger charge is -2.08. The highest BCUT2D eigenvalue weighted by atomic mass is 32.2. The van der Waals surface area contributed by atoms with Crippen molar-refractivity contribution in [3.05, 3.63) is 30.3 Å². The molecule has 20 heavy (non-hydrogen) atoms. The number of aromatic hydroxyl groups is 2. The van der Waals surface area contributed by atoms with E-state index < -0.39 is 21.8 Å². The Morgan fingerprint density at radius 3 is 2.25 bits per heavy atom. The van der Waals surface area contributed by atoms with Crippen LogP contribution < -0.4 is 5.14 Å². The van der Waals surface area contributed by atoms with Crippen LogP contribution in [0.2, 0.25) is 0 Å². The highest BCUT2D eigenvalue weighted by Crippen LogP contribution is 2.32. The third kappa shape index (κ3) is 1.82. The fourth-order valence-corrected chi connectivity index (χ4v) is 2.83. The van der Waals surface area contributed by atoms with Gasteiger partial charge in [-0.15, -0.1) is 0 Å². The van der Waals surface area contributed by atoms with Crippen LogP contribution in [-0.2, 0) is 10.0 Å². The molecule has 8 heteroatoms. The van der Waals surface area contributed by atoms with Crippen LogP contribution in [0.3, 0.4) is 0 Å². The van der Waals surface area contributed by atoms with Crippen LogP contribution in [0.1, 0.15) is 0 Å². The van der Waals surface area contributed by atoms with Gasteiger partial charge in [0.25, 0.3) is 11.8 Å². The van der Waals surface area contributed by atoms with Gasteiger partial charge in [-0.3, -0.25) is 0 Å². The smallest absolute Gasteiger partial charge is 0.276 e. The van der Waals surface area contributed by atoms with E-state index in [1.807, 2.05) is 0 Å². The molecule has 3 aromatic rings. The predicted molar refractivity (Wildman–Crippen MR) is 71.7 cm³/mol. The van der Waals surface area contributed by atoms with Gasteiger partial charge in [0.15, 0.2) is 0 Å². The SMILES string of the molecule is NS(=O)(=O)c1cc2nc(O)c(O)nc2c2ccccc12. The van der Waals surface area contributed by atoms with Gasteiger partial charge < -0.3 is 10.2 Å². The lowest BCUT2D eigenvalue weighted by molar-refractivity contribution is 0.378. The van der Waals surface area contributed by atoms with Crippen molar-refractivity contribution < 1.29 is 18.6 Å². The Hall–Kier alpha value is -2.45. The van der Waals surface area contributed by atoms with Gasteiger partial charge in [0, 0.05) is 10.8 Å². The van der Waals surface area contributed by atoms with Crippen molar-refractivity contribution in [2.75, 3.05) is 0 Å². The molecule has 3 rings (SSSR count). The van der Waals surface area contributed by atoms with Crippen molar-refractivity contribution in [2.45, 2.75) is 4.90 Å². The second kappa shape index (κ2) is 4.02. The first-order chi connectivity index (χ1) is 9.38. The number of nitrogens with two attached hydrogens (primary N) is 1. The highest BCUT2D eigenvalue weighted by molar-refractivity contribution is 7.89. The zero-order valence-electron chi connectivity index (χ0n) is 9.98. The molecule has 0 spiro atoms. The molecule has 0 bridgehead atoms. The molecule has 0 amide bonds. The second-order valence-electron chi connectivity index (χ2n) is 4.20. The Kier molecular flexibility index (Phi) is 2.53. The first kappa shape index (κ1) is 12.6. The maximum atomic E-state index is 11.7. The van der Waals surface area contributed by atoms with Crippen molar-refractivity contribution in [1.82, 2.24) is 9.97 Å². The Morgan fingerprint density at radius 2 is 1.60 bits per heavy atom. The van der Waals surface area contributed by atoms with E-state index in [-0.39, 0.29) is 15.9 Å². The van der Waals surface area contributed by atoms with E-state index in [0.717, 1.165) is 0 Å². The second-order valence-corrected chi connectivity index (χ2v) is 5.73. The number of fused-ring (bicyclic) bond motifs is 3. The van der Waals surface area contributed by atoms with Gasteiger partial charge in [-0.05, 0) is 6.07 Å². The van der Waals surface area contributed by atoms with Crippen LogP contribution in [0.25, 0.3) is 21.8 Å². The predicted octanol–water partition coefficient (Wildman–Crippen LogP) is 0.842. The summed E-state index contributed by atoms with van der Waals surface area (Å²) in [6.45, 7) is 0. The van der Waals surface area contributed by atoms with E-state index in [0.29, 0.717) is 10.8 Å². The zero-order chi connectivity index (χ0) is 14.5. The summed E-state index contributed by atoms with van der Waals surface area (Å²) in [7, 11) is -3.96. The molecular weight excluding hydrogens is 282 g/mol. The van der Waals surface area contributed by atoms with E-state index in [1.54, 1.807) is 24.3 Å². The van der Waals surface area contributed by atoms with Crippen molar-refractivity contribution in [1.29, 1.82) is 0 Å². The Bertz CT molecular complexity index is 954. The maximum Gasteiger partial charge on any atom is 0.276 e. The summed E-state index contributed by atoms with van der Waals surface area (Å²) < 4.78 is 23.3. The van der Waals surface area contributed by atoms with E-state index in [1.165, 1.54) is 6.07 Å². The quantitative estimate of drug-likeness (QED) is 0.570. The van der Waals surface area contributed by atoms with E-state index >= 15 is 0 Å². The maximum absolute atomic E-state index is 11.7. The van der Waals surface area contributed by atoms with Gasteiger partial charge in [0.1, 0.15) is 5.52 Å². The number of hydrogen-bond donors (Lipinski definition) is 3. The molecule has 1 aromatic heterocycles. The molecule has 0 aliphatic carbocycles. The standard InChI is InChI=1S/C12H9N3O4S/c13-20(18,19)9-5-8-10(15-12(17)11(16)14-8)7-4-2-1-3-6(7)9/h1-5H,(H,14,16)(H,15,17)(H2,13,18,19). The van der Waals surface area contributed by atoms with Gasteiger partial charge >= 0.3 is 0 Å². The number of sulfonamides is 1. The van der Waals surface area contributed by atoms with Gasteiger partial charge in [-0.25, -0.2) is 23.5 Å². The molecule has 0 aliphatic rings. The number of primary sulfonamides is 1. The average Bonchev–Trinajstić information content (AvgIpc) is 2.38.